The van der Waals surface area contributed by atoms with Crippen LogP contribution in [-0.4, -0.2) is 11.9 Å². The maximum Gasteiger partial charge on any atom is 0.246 e. The van der Waals surface area contributed by atoms with E-state index in [-0.39, 0.29) is 17.8 Å². The molecule has 2 N–H and O–H groups in total. The molecule has 0 spiro atoms. The van der Waals surface area contributed by atoms with Gasteiger partial charge in [-0.15, -0.1) is 0 Å². The Morgan fingerprint density at radius 2 is 2.23 bits per heavy atom. The fraction of sp³-hybridized carbons (Fsp3) is 0.222. The number of fused-ring (bicyclic) bond motifs is 1. The number of benzene rings is 1. The summed E-state index contributed by atoms with van der Waals surface area (Å²) in [4.78, 5) is 11.2. The molecule has 1 aromatic carbocycles. The fourth-order valence-electron chi connectivity index (χ4n) is 1.30. The Labute approximate surface area is 74.9 Å². The van der Waals surface area contributed by atoms with Crippen molar-refractivity contribution in [3.63, 3.8) is 0 Å². The Kier molecular flexibility index (Phi) is 1.69. The molecule has 0 unspecified atom stereocenters. The smallest absolute Gasteiger partial charge is 0.246 e. The van der Waals surface area contributed by atoms with Gasteiger partial charge in [0.15, 0.2) is 0 Å². The van der Waals surface area contributed by atoms with E-state index in [2.05, 4.69) is 10.6 Å². The number of carbonyl (C=O) groups excluding carboxylic acids is 1. The zero-order valence-electron chi connectivity index (χ0n) is 7.10. The molecule has 0 saturated carbocycles. The average molecular weight is 180 g/mol. The van der Waals surface area contributed by atoms with Crippen molar-refractivity contribution in [1.82, 2.24) is 0 Å². The normalized spacial score (nSPS) is 20.2. The van der Waals surface area contributed by atoms with E-state index < -0.39 is 0 Å². The second-order valence-electron chi connectivity index (χ2n) is 3.02. The third kappa shape index (κ3) is 1.24. The summed E-state index contributed by atoms with van der Waals surface area (Å²) in [7, 11) is 0. The zero-order valence-corrected chi connectivity index (χ0v) is 7.10. The molecule has 1 aliphatic heterocycles. The van der Waals surface area contributed by atoms with Crippen molar-refractivity contribution < 1.29 is 9.18 Å². The van der Waals surface area contributed by atoms with Gasteiger partial charge in [0.2, 0.25) is 5.91 Å². The van der Waals surface area contributed by atoms with Crippen molar-refractivity contribution in [3.8, 4) is 0 Å². The standard InChI is InChI=1S/C9H9FN2O/c1-5-9(13)12-7-4-2-3-6(10)8(7)11-5/h2-5,11H,1H3,(H,12,13)/t5-/m0/s1. The van der Waals surface area contributed by atoms with Gasteiger partial charge in [-0.3, -0.25) is 4.79 Å². The van der Waals surface area contributed by atoms with Crippen LogP contribution in [0.1, 0.15) is 6.92 Å². The maximum absolute atomic E-state index is 13.2. The predicted octanol–water partition coefficient (Wildman–Crippen LogP) is 1.58. The zero-order chi connectivity index (χ0) is 9.42. The number of hydrogen-bond acceptors (Lipinski definition) is 2. The van der Waals surface area contributed by atoms with Crippen LogP contribution >= 0.6 is 0 Å². The van der Waals surface area contributed by atoms with Crippen LogP contribution in [0.5, 0.6) is 0 Å². The van der Waals surface area contributed by atoms with Crippen LogP contribution in [0, 0.1) is 5.82 Å². The second kappa shape index (κ2) is 2.73. The van der Waals surface area contributed by atoms with Gasteiger partial charge in [-0.1, -0.05) is 6.07 Å². The molecule has 0 aromatic heterocycles. The Hall–Kier alpha value is -1.58. The molecule has 2 rings (SSSR count). The van der Waals surface area contributed by atoms with E-state index in [0.717, 1.165) is 0 Å². The fourth-order valence-corrected chi connectivity index (χ4v) is 1.30. The van der Waals surface area contributed by atoms with Crippen molar-refractivity contribution in [2.75, 3.05) is 10.6 Å². The van der Waals surface area contributed by atoms with Gasteiger partial charge in [-0.25, -0.2) is 4.39 Å². The summed E-state index contributed by atoms with van der Waals surface area (Å²) in [6.07, 6.45) is 0. The summed E-state index contributed by atoms with van der Waals surface area (Å²) in [5.74, 6) is -0.484. The molecule has 0 radical (unpaired) electrons. The lowest BCUT2D eigenvalue weighted by Crippen LogP contribution is -2.36. The summed E-state index contributed by atoms with van der Waals surface area (Å²) >= 11 is 0. The van der Waals surface area contributed by atoms with Crippen molar-refractivity contribution in [2.45, 2.75) is 13.0 Å². The van der Waals surface area contributed by atoms with E-state index in [1.165, 1.54) is 6.07 Å². The second-order valence-corrected chi connectivity index (χ2v) is 3.02. The summed E-state index contributed by atoms with van der Waals surface area (Å²) in [6, 6.07) is 4.20. The first-order valence-electron chi connectivity index (χ1n) is 4.04. The monoisotopic (exact) mass is 180 g/mol. The van der Waals surface area contributed by atoms with Crippen molar-refractivity contribution >= 4 is 17.3 Å². The van der Waals surface area contributed by atoms with Gasteiger partial charge >= 0.3 is 0 Å². The van der Waals surface area contributed by atoms with Gasteiger partial charge in [-0.2, -0.15) is 0 Å². The van der Waals surface area contributed by atoms with E-state index in [9.17, 15) is 9.18 Å². The summed E-state index contributed by atoms with van der Waals surface area (Å²) in [5, 5.41) is 5.40. The van der Waals surface area contributed by atoms with E-state index in [1.54, 1.807) is 19.1 Å². The number of hydrogen-bond donors (Lipinski definition) is 2. The largest absolute Gasteiger partial charge is 0.370 e. The van der Waals surface area contributed by atoms with Gasteiger partial charge in [0.25, 0.3) is 0 Å². The number of amides is 1. The lowest BCUT2D eigenvalue weighted by molar-refractivity contribution is -0.116. The third-order valence-corrected chi connectivity index (χ3v) is 2.03. The first-order chi connectivity index (χ1) is 6.18. The summed E-state index contributed by atoms with van der Waals surface area (Å²) in [5.41, 5.74) is 0.873. The number of halogens is 1. The third-order valence-electron chi connectivity index (χ3n) is 2.03. The quantitative estimate of drug-likeness (QED) is 0.636. The minimum atomic E-state index is -0.385. The van der Waals surface area contributed by atoms with Crippen LogP contribution in [-0.2, 0) is 4.79 Å². The number of carbonyl (C=O) groups is 1. The molecule has 1 heterocycles. The van der Waals surface area contributed by atoms with Gasteiger partial charge in [0, 0.05) is 0 Å². The van der Waals surface area contributed by atoms with E-state index >= 15 is 0 Å². The highest BCUT2D eigenvalue weighted by Gasteiger charge is 2.22. The Balaban J connectivity index is 2.48. The molecule has 0 saturated heterocycles. The molecule has 0 aliphatic carbocycles. The van der Waals surface area contributed by atoms with Gasteiger partial charge in [0.1, 0.15) is 11.9 Å². The molecule has 1 atom stereocenters. The highest BCUT2D eigenvalue weighted by molar-refractivity contribution is 6.02. The Bertz CT molecular complexity index is 365. The van der Waals surface area contributed by atoms with Crippen LogP contribution < -0.4 is 10.6 Å². The first-order valence-corrected chi connectivity index (χ1v) is 4.04. The molecule has 4 heteroatoms. The lowest BCUT2D eigenvalue weighted by atomic mass is 10.1. The van der Waals surface area contributed by atoms with Crippen LogP contribution in [0.25, 0.3) is 0 Å². The van der Waals surface area contributed by atoms with Crippen LogP contribution in [0.15, 0.2) is 18.2 Å². The highest BCUT2D eigenvalue weighted by atomic mass is 19.1. The van der Waals surface area contributed by atoms with Crippen molar-refractivity contribution in [1.29, 1.82) is 0 Å². The molecule has 0 fully saturated rings. The molecular formula is C9H9FN2O. The van der Waals surface area contributed by atoms with Gasteiger partial charge in [-0.05, 0) is 19.1 Å². The molecule has 1 aliphatic rings. The van der Waals surface area contributed by atoms with E-state index in [1.807, 2.05) is 0 Å². The number of para-hydroxylation sites is 1. The van der Waals surface area contributed by atoms with Crippen molar-refractivity contribution in [3.05, 3.63) is 24.0 Å². The average Bonchev–Trinajstić information content (AvgIpc) is 2.09. The van der Waals surface area contributed by atoms with E-state index in [0.29, 0.717) is 11.4 Å². The maximum atomic E-state index is 13.2. The summed E-state index contributed by atoms with van der Waals surface area (Å²) in [6.45, 7) is 1.69. The molecule has 13 heavy (non-hydrogen) atoms. The van der Waals surface area contributed by atoms with E-state index in [4.69, 9.17) is 0 Å². The number of nitrogens with one attached hydrogen (secondary N) is 2. The minimum absolute atomic E-state index is 0.141. The Morgan fingerprint density at radius 1 is 1.46 bits per heavy atom. The van der Waals surface area contributed by atoms with Crippen LogP contribution in [0.4, 0.5) is 15.8 Å². The first kappa shape index (κ1) is 8.04. The highest BCUT2D eigenvalue weighted by Crippen LogP contribution is 2.28. The Morgan fingerprint density at radius 3 is 3.00 bits per heavy atom. The van der Waals surface area contributed by atoms with Crippen molar-refractivity contribution in [2.24, 2.45) is 0 Å². The predicted molar refractivity (Wildman–Crippen MR) is 48.1 cm³/mol. The molecular weight excluding hydrogens is 171 g/mol. The van der Waals surface area contributed by atoms with Crippen LogP contribution in [0.3, 0.4) is 0 Å². The molecule has 68 valence electrons. The number of anilines is 2. The lowest BCUT2D eigenvalue weighted by Gasteiger charge is -2.24. The van der Waals surface area contributed by atoms with Gasteiger partial charge in [0.05, 0.1) is 11.4 Å². The number of rotatable bonds is 0. The van der Waals surface area contributed by atoms with Crippen LogP contribution in [0.2, 0.25) is 0 Å². The molecule has 3 nitrogen and oxygen atoms in total. The van der Waals surface area contributed by atoms with Gasteiger partial charge < -0.3 is 10.6 Å². The molecule has 0 bridgehead atoms. The minimum Gasteiger partial charge on any atom is -0.370 e. The topological polar surface area (TPSA) is 41.1 Å². The SMILES string of the molecule is C[C@@H]1Nc2c(F)cccc2NC1=O. The molecule has 1 amide bonds. The molecule has 1 aromatic rings. The summed E-state index contributed by atoms with van der Waals surface area (Å²) < 4.78 is 13.2.